The molecule has 1 fully saturated rings. The van der Waals surface area contributed by atoms with Crippen LogP contribution < -0.4 is 5.43 Å². The molecule has 2 heterocycles. The molecule has 0 spiro atoms. The summed E-state index contributed by atoms with van der Waals surface area (Å²) in [5.41, 5.74) is 3.18. The quantitative estimate of drug-likeness (QED) is 0.943. The van der Waals surface area contributed by atoms with Crippen LogP contribution in [0, 0.1) is 5.82 Å². The summed E-state index contributed by atoms with van der Waals surface area (Å²) in [4.78, 5) is 12.1. The minimum atomic E-state index is -0.366. The third kappa shape index (κ3) is 3.13. The van der Waals surface area contributed by atoms with Crippen molar-refractivity contribution < 1.29 is 13.6 Å². The lowest BCUT2D eigenvalue weighted by Crippen LogP contribution is -2.44. The van der Waals surface area contributed by atoms with Crippen LogP contribution in [0.2, 0.25) is 0 Å². The molecule has 2 aromatic rings. The first kappa shape index (κ1) is 13.8. The molecule has 1 aromatic heterocycles. The predicted molar refractivity (Wildman–Crippen MR) is 77.0 cm³/mol. The fourth-order valence-electron chi connectivity index (χ4n) is 2.47. The molecule has 3 rings (SSSR count). The Morgan fingerprint density at radius 3 is 2.62 bits per heavy atom. The Balaban J connectivity index is 1.72. The number of hydrogen-bond donors (Lipinski definition) is 1. The average Bonchev–Trinajstić information content (AvgIpc) is 2.98. The molecule has 4 nitrogen and oxygen atoms in total. The highest BCUT2D eigenvalue weighted by molar-refractivity contribution is 5.91. The van der Waals surface area contributed by atoms with Gasteiger partial charge in [0.05, 0.1) is 5.56 Å². The normalized spacial score (nSPS) is 15.9. The summed E-state index contributed by atoms with van der Waals surface area (Å²) < 4.78 is 19.2. The zero-order valence-corrected chi connectivity index (χ0v) is 11.6. The topological polar surface area (TPSA) is 45.5 Å². The Hall–Kier alpha value is -2.14. The van der Waals surface area contributed by atoms with Gasteiger partial charge in [-0.1, -0.05) is 18.6 Å². The maximum absolute atomic E-state index is 13.7. The van der Waals surface area contributed by atoms with Gasteiger partial charge >= 0.3 is 5.91 Å². The Morgan fingerprint density at radius 1 is 1.10 bits per heavy atom. The summed E-state index contributed by atoms with van der Waals surface area (Å²) in [6.07, 6.45) is 3.36. The second kappa shape index (κ2) is 6.10. The number of rotatable bonds is 3. The number of nitrogens with one attached hydrogen (secondary N) is 1. The SMILES string of the molecule is O=C(NN1CCCCC1)c1ccc(-c2ccccc2F)o1. The Bertz CT molecular complexity index is 633. The minimum Gasteiger partial charge on any atom is -0.451 e. The summed E-state index contributed by atoms with van der Waals surface area (Å²) >= 11 is 0. The number of nitrogens with zero attached hydrogens (tertiary/aromatic N) is 1. The van der Waals surface area contributed by atoms with E-state index in [4.69, 9.17) is 4.42 Å². The third-order valence-corrected chi connectivity index (χ3v) is 3.58. The van der Waals surface area contributed by atoms with E-state index in [1.807, 2.05) is 5.01 Å². The number of benzene rings is 1. The van der Waals surface area contributed by atoms with Crippen molar-refractivity contribution in [2.24, 2.45) is 0 Å². The highest BCUT2D eigenvalue weighted by Gasteiger charge is 2.17. The lowest BCUT2D eigenvalue weighted by molar-refractivity contribution is 0.0722. The molecule has 1 aromatic carbocycles. The molecule has 1 aliphatic heterocycles. The number of amides is 1. The van der Waals surface area contributed by atoms with Crippen molar-refractivity contribution >= 4 is 5.91 Å². The van der Waals surface area contributed by atoms with Crippen molar-refractivity contribution in [2.45, 2.75) is 19.3 Å². The van der Waals surface area contributed by atoms with Crippen LogP contribution in [-0.2, 0) is 0 Å². The minimum absolute atomic E-state index is 0.193. The van der Waals surface area contributed by atoms with Gasteiger partial charge in [-0.3, -0.25) is 10.2 Å². The first-order chi connectivity index (χ1) is 10.2. The van der Waals surface area contributed by atoms with Crippen LogP contribution in [0.1, 0.15) is 29.8 Å². The second-order valence-electron chi connectivity index (χ2n) is 5.13. The van der Waals surface area contributed by atoms with E-state index >= 15 is 0 Å². The zero-order valence-electron chi connectivity index (χ0n) is 11.6. The fourth-order valence-corrected chi connectivity index (χ4v) is 2.47. The van der Waals surface area contributed by atoms with Crippen molar-refractivity contribution in [1.29, 1.82) is 0 Å². The molecule has 0 saturated carbocycles. The molecule has 0 unspecified atom stereocenters. The molecule has 0 radical (unpaired) electrons. The molecule has 21 heavy (non-hydrogen) atoms. The lowest BCUT2D eigenvalue weighted by atomic mass is 10.1. The molecule has 110 valence electrons. The Labute approximate surface area is 122 Å². The Morgan fingerprint density at radius 2 is 1.86 bits per heavy atom. The van der Waals surface area contributed by atoms with Crippen LogP contribution in [0.15, 0.2) is 40.8 Å². The van der Waals surface area contributed by atoms with E-state index in [0.29, 0.717) is 11.3 Å². The predicted octanol–water partition coefficient (Wildman–Crippen LogP) is 3.22. The van der Waals surface area contributed by atoms with Gasteiger partial charge < -0.3 is 4.42 Å². The summed E-state index contributed by atoms with van der Waals surface area (Å²) in [5.74, 6) is -0.106. The molecule has 1 amide bonds. The number of carbonyl (C=O) groups excluding carboxylic acids is 1. The number of hydrogen-bond acceptors (Lipinski definition) is 3. The molecule has 0 bridgehead atoms. The molecular formula is C16H17FN2O2. The lowest BCUT2D eigenvalue weighted by Gasteiger charge is -2.26. The highest BCUT2D eigenvalue weighted by atomic mass is 19.1. The van der Waals surface area contributed by atoms with Crippen LogP contribution >= 0.6 is 0 Å². The molecule has 0 atom stereocenters. The molecule has 1 saturated heterocycles. The molecule has 5 heteroatoms. The van der Waals surface area contributed by atoms with Crippen LogP contribution in [0.25, 0.3) is 11.3 Å². The number of halogens is 1. The van der Waals surface area contributed by atoms with Gasteiger partial charge in [0.2, 0.25) is 0 Å². The van der Waals surface area contributed by atoms with E-state index in [9.17, 15) is 9.18 Å². The fraction of sp³-hybridized carbons (Fsp3) is 0.312. The monoisotopic (exact) mass is 288 g/mol. The Kier molecular flexibility index (Phi) is 4.01. The zero-order chi connectivity index (χ0) is 14.7. The maximum Gasteiger partial charge on any atom is 0.301 e. The van der Waals surface area contributed by atoms with Crippen LogP contribution in [0.3, 0.4) is 0 Å². The first-order valence-electron chi connectivity index (χ1n) is 7.15. The van der Waals surface area contributed by atoms with Gasteiger partial charge in [-0.2, -0.15) is 0 Å². The van der Waals surface area contributed by atoms with Gasteiger partial charge in [0.25, 0.3) is 0 Å². The molecule has 1 aliphatic rings. The van der Waals surface area contributed by atoms with E-state index in [1.54, 1.807) is 30.3 Å². The third-order valence-electron chi connectivity index (χ3n) is 3.58. The average molecular weight is 288 g/mol. The second-order valence-corrected chi connectivity index (χ2v) is 5.13. The number of furan rings is 1. The first-order valence-corrected chi connectivity index (χ1v) is 7.15. The molecule has 1 N–H and O–H groups in total. The molecular weight excluding hydrogens is 271 g/mol. The number of piperidine rings is 1. The van der Waals surface area contributed by atoms with E-state index < -0.39 is 0 Å². The van der Waals surface area contributed by atoms with E-state index in [1.165, 1.54) is 12.5 Å². The summed E-state index contributed by atoms with van der Waals surface area (Å²) in [5, 5.41) is 1.90. The number of carbonyl (C=O) groups is 1. The summed E-state index contributed by atoms with van der Waals surface area (Å²) in [6, 6.07) is 9.52. The van der Waals surface area contributed by atoms with Crippen molar-refractivity contribution in [3.8, 4) is 11.3 Å². The van der Waals surface area contributed by atoms with Crippen molar-refractivity contribution in [2.75, 3.05) is 13.1 Å². The van der Waals surface area contributed by atoms with Gasteiger partial charge in [-0.25, -0.2) is 9.40 Å². The van der Waals surface area contributed by atoms with Gasteiger partial charge in [0, 0.05) is 13.1 Å². The van der Waals surface area contributed by atoms with E-state index in [2.05, 4.69) is 5.43 Å². The van der Waals surface area contributed by atoms with Crippen LogP contribution in [-0.4, -0.2) is 24.0 Å². The smallest absolute Gasteiger partial charge is 0.301 e. The van der Waals surface area contributed by atoms with Gasteiger partial charge in [0.1, 0.15) is 11.6 Å². The largest absolute Gasteiger partial charge is 0.451 e. The van der Waals surface area contributed by atoms with Crippen molar-refractivity contribution in [3.63, 3.8) is 0 Å². The highest BCUT2D eigenvalue weighted by Crippen LogP contribution is 2.24. The van der Waals surface area contributed by atoms with Crippen LogP contribution in [0.4, 0.5) is 4.39 Å². The van der Waals surface area contributed by atoms with Gasteiger partial charge in [-0.05, 0) is 37.1 Å². The van der Waals surface area contributed by atoms with Crippen LogP contribution in [0.5, 0.6) is 0 Å². The maximum atomic E-state index is 13.7. The van der Waals surface area contributed by atoms with Crippen molar-refractivity contribution in [3.05, 3.63) is 48.0 Å². The van der Waals surface area contributed by atoms with Crippen molar-refractivity contribution in [1.82, 2.24) is 10.4 Å². The number of hydrazine groups is 1. The van der Waals surface area contributed by atoms with Gasteiger partial charge in [-0.15, -0.1) is 0 Å². The van der Waals surface area contributed by atoms with Gasteiger partial charge in [0.15, 0.2) is 5.76 Å². The van der Waals surface area contributed by atoms with E-state index in [0.717, 1.165) is 25.9 Å². The van der Waals surface area contributed by atoms with E-state index in [-0.39, 0.29) is 17.5 Å². The summed E-state index contributed by atoms with van der Waals surface area (Å²) in [7, 11) is 0. The summed E-state index contributed by atoms with van der Waals surface area (Å²) in [6.45, 7) is 1.71. The standard InChI is InChI=1S/C16H17FN2O2/c17-13-7-3-2-6-12(13)14-8-9-15(21-14)16(20)18-19-10-4-1-5-11-19/h2-3,6-9H,1,4-5,10-11H2,(H,18,20). The molecule has 0 aliphatic carbocycles.